The Morgan fingerprint density at radius 3 is 2.20 bits per heavy atom. The van der Waals surface area contributed by atoms with Crippen molar-refractivity contribution in [3.63, 3.8) is 0 Å². The molecule has 0 radical (unpaired) electrons. The third-order valence-electron chi connectivity index (χ3n) is 5.99. The van der Waals surface area contributed by atoms with Gasteiger partial charge in [-0.3, -0.25) is 4.79 Å². The van der Waals surface area contributed by atoms with Gasteiger partial charge < -0.3 is 15.2 Å². The van der Waals surface area contributed by atoms with E-state index in [2.05, 4.69) is 74.3 Å². The Morgan fingerprint density at radius 1 is 1.00 bits per heavy atom. The summed E-state index contributed by atoms with van der Waals surface area (Å²) in [5.74, 6) is 0.230. The van der Waals surface area contributed by atoms with E-state index >= 15 is 0 Å². The summed E-state index contributed by atoms with van der Waals surface area (Å²) < 4.78 is 0. The van der Waals surface area contributed by atoms with E-state index in [9.17, 15) is 5.11 Å². The second-order valence-electron chi connectivity index (χ2n) is 8.76. The molecule has 0 spiro atoms. The summed E-state index contributed by atoms with van der Waals surface area (Å²) >= 11 is 0. The number of carboxylic acid groups (broad SMARTS) is 1. The number of nitrogens with one attached hydrogen (secondary N) is 1. The number of aliphatic hydroxyl groups excluding tert-OH is 1. The highest BCUT2D eigenvalue weighted by Crippen LogP contribution is 2.42. The molecule has 4 nitrogen and oxygen atoms in total. The molecular formula is C26H35NO3. The molecule has 1 aliphatic rings. The molecule has 162 valence electrons. The Bertz CT molecular complexity index is 867. The summed E-state index contributed by atoms with van der Waals surface area (Å²) in [7, 11) is 0. The maximum atomic E-state index is 10.3. The standard InChI is InChI=1S/C16H24O.C8H7N.C2H4O2/c1-12-9-10-14(15(17)11-12)16(2,3)13-7-5-4-6-8-13;1-2-4-8-7(3-1)5-6-9-8;1-2(3)4/h4-8,12,14-15,17H,9-11H2,1-3H3;1-6,9H;1H3,(H,3,4). The molecule has 0 saturated heterocycles. The van der Waals surface area contributed by atoms with E-state index in [0.717, 1.165) is 19.8 Å². The van der Waals surface area contributed by atoms with Gasteiger partial charge in [0.15, 0.2) is 0 Å². The van der Waals surface area contributed by atoms with E-state index in [-0.39, 0.29) is 11.5 Å². The molecule has 3 N–H and O–H groups in total. The maximum absolute atomic E-state index is 10.3. The van der Waals surface area contributed by atoms with Crippen LogP contribution in [0.3, 0.4) is 0 Å². The van der Waals surface area contributed by atoms with Gasteiger partial charge in [0.25, 0.3) is 5.97 Å². The van der Waals surface area contributed by atoms with Crippen LogP contribution in [0.15, 0.2) is 66.9 Å². The number of carbonyl (C=O) groups is 1. The van der Waals surface area contributed by atoms with Crippen molar-refractivity contribution in [3.8, 4) is 0 Å². The fraction of sp³-hybridized carbons (Fsp3) is 0.423. The molecule has 3 atom stereocenters. The van der Waals surface area contributed by atoms with Gasteiger partial charge in [0.1, 0.15) is 0 Å². The number of hydrogen-bond donors (Lipinski definition) is 3. The fourth-order valence-corrected chi connectivity index (χ4v) is 4.27. The molecule has 4 heteroatoms. The van der Waals surface area contributed by atoms with Crippen molar-refractivity contribution in [2.45, 2.75) is 58.5 Å². The van der Waals surface area contributed by atoms with E-state index in [1.54, 1.807) is 0 Å². The highest BCUT2D eigenvalue weighted by Gasteiger charge is 2.38. The second-order valence-corrected chi connectivity index (χ2v) is 8.76. The summed E-state index contributed by atoms with van der Waals surface area (Å²) in [6.45, 7) is 7.87. The SMILES string of the molecule is CC(=O)O.CC1CCC(C(C)(C)c2ccccc2)C(O)C1.c1ccc2[nH]ccc2c1. The van der Waals surface area contributed by atoms with Crippen LogP contribution in [0, 0.1) is 11.8 Å². The summed E-state index contributed by atoms with van der Waals surface area (Å²) in [5.41, 5.74) is 2.62. The minimum absolute atomic E-state index is 0.0703. The molecule has 0 aliphatic heterocycles. The molecule has 0 amide bonds. The molecule has 30 heavy (non-hydrogen) atoms. The minimum Gasteiger partial charge on any atom is -0.481 e. The smallest absolute Gasteiger partial charge is 0.300 e. The largest absolute Gasteiger partial charge is 0.481 e. The Balaban J connectivity index is 0.000000204. The van der Waals surface area contributed by atoms with E-state index in [0.29, 0.717) is 11.8 Å². The zero-order chi connectivity index (χ0) is 22.1. The fourth-order valence-electron chi connectivity index (χ4n) is 4.27. The van der Waals surface area contributed by atoms with Crippen molar-refractivity contribution in [2.75, 3.05) is 0 Å². The van der Waals surface area contributed by atoms with Gasteiger partial charge in [0.2, 0.25) is 0 Å². The van der Waals surface area contributed by atoms with Gasteiger partial charge in [0, 0.05) is 18.6 Å². The van der Waals surface area contributed by atoms with Crippen molar-refractivity contribution >= 4 is 16.9 Å². The molecule has 3 aromatic rings. The van der Waals surface area contributed by atoms with Crippen LogP contribution in [0.1, 0.15) is 52.5 Å². The van der Waals surface area contributed by atoms with Gasteiger partial charge in [-0.05, 0) is 53.2 Å². The van der Waals surface area contributed by atoms with Crippen molar-refractivity contribution < 1.29 is 15.0 Å². The lowest BCUT2D eigenvalue weighted by molar-refractivity contribution is -0.134. The minimum atomic E-state index is -0.833. The van der Waals surface area contributed by atoms with E-state index in [1.165, 1.54) is 22.9 Å². The quantitative estimate of drug-likeness (QED) is 0.484. The summed E-state index contributed by atoms with van der Waals surface area (Å²) in [6, 6.07) is 20.9. The van der Waals surface area contributed by atoms with Crippen LogP contribution in [-0.4, -0.2) is 27.3 Å². The second kappa shape index (κ2) is 11.0. The average molecular weight is 410 g/mol. The monoisotopic (exact) mass is 409 g/mol. The van der Waals surface area contributed by atoms with E-state index in [1.807, 2.05) is 18.3 Å². The van der Waals surface area contributed by atoms with Crippen molar-refractivity contribution in [3.05, 3.63) is 72.4 Å². The van der Waals surface area contributed by atoms with Crippen LogP contribution in [0.5, 0.6) is 0 Å². The highest BCUT2D eigenvalue weighted by molar-refractivity contribution is 5.78. The number of hydrogen-bond acceptors (Lipinski definition) is 2. The molecule has 3 unspecified atom stereocenters. The average Bonchev–Trinajstić information content (AvgIpc) is 3.17. The summed E-state index contributed by atoms with van der Waals surface area (Å²) in [5, 5.41) is 19.0. The van der Waals surface area contributed by atoms with Crippen LogP contribution >= 0.6 is 0 Å². The normalized spacial score (nSPS) is 21.0. The molecule has 1 fully saturated rings. The van der Waals surface area contributed by atoms with Crippen LogP contribution in [0.25, 0.3) is 10.9 Å². The molecule has 1 aromatic heterocycles. The van der Waals surface area contributed by atoms with Crippen molar-refractivity contribution in [1.82, 2.24) is 4.98 Å². The molecule has 4 rings (SSSR count). The van der Waals surface area contributed by atoms with Crippen molar-refractivity contribution in [1.29, 1.82) is 0 Å². The number of aromatic nitrogens is 1. The number of carboxylic acids is 1. The van der Waals surface area contributed by atoms with Gasteiger partial charge in [-0.15, -0.1) is 0 Å². The number of benzene rings is 2. The summed E-state index contributed by atoms with van der Waals surface area (Å²) in [6.07, 6.45) is 5.15. The predicted molar refractivity (Wildman–Crippen MR) is 124 cm³/mol. The Kier molecular flexibility index (Phi) is 8.67. The molecule has 0 bridgehead atoms. The van der Waals surface area contributed by atoms with Crippen LogP contribution in [0.4, 0.5) is 0 Å². The number of rotatable bonds is 2. The molecule has 1 aliphatic carbocycles. The predicted octanol–water partition coefficient (Wildman–Crippen LogP) is 6.02. The first-order valence-electron chi connectivity index (χ1n) is 10.7. The van der Waals surface area contributed by atoms with Crippen LogP contribution in [0.2, 0.25) is 0 Å². The molecular weight excluding hydrogens is 374 g/mol. The third kappa shape index (κ3) is 6.74. The zero-order valence-corrected chi connectivity index (χ0v) is 18.5. The molecule has 1 heterocycles. The Hall–Kier alpha value is -2.59. The highest BCUT2D eigenvalue weighted by atomic mass is 16.4. The van der Waals surface area contributed by atoms with Crippen molar-refractivity contribution in [2.24, 2.45) is 11.8 Å². The van der Waals surface area contributed by atoms with Gasteiger partial charge >= 0.3 is 0 Å². The van der Waals surface area contributed by atoms with Gasteiger partial charge in [-0.25, -0.2) is 0 Å². The number of para-hydroxylation sites is 1. The van der Waals surface area contributed by atoms with Gasteiger partial charge in [-0.2, -0.15) is 0 Å². The first-order chi connectivity index (χ1) is 14.2. The Labute approximate surface area is 180 Å². The van der Waals surface area contributed by atoms with Gasteiger partial charge in [-0.1, -0.05) is 75.7 Å². The lowest BCUT2D eigenvalue weighted by atomic mass is 9.64. The number of fused-ring (bicyclic) bond motifs is 1. The molecule has 1 saturated carbocycles. The summed E-state index contributed by atoms with van der Waals surface area (Å²) in [4.78, 5) is 12.1. The lowest BCUT2D eigenvalue weighted by Crippen LogP contribution is -2.41. The maximum Gasteiger partial charge on any atom is 0.300 e. The number of aliphatic hydroxyl groups is 1. The number of aromatic amines is 1. The van der Waals surface area contributed by atoms with Crippen LogP contribution < -0.4 is 0 Å². The Morgan fingerprint density at radius 2 is 1.60 bits per heavy atom. The van der Waals surface area contributed by atoms with Gasteiger partial charge in [0.05, 0.1) is 6.10 Å². The number of H-pyrrole nitrogens is 1. The number of aliphatic carboxylic acids is 1. The van der Waals surface area contributed by atoms with Crippen LogP contribution in [-0.2, 0) is 10.2 Å². The topological polar surface area (TPSA) is 73.3 Å². The lowest BCUT2D eigenvalue weighted by Gasteiger charge is -2.42. The first-order valence-corrected chi connectivity index (χ1v) is 10.7. The third-order valence-corrected chi connectivity index (χ3v) is 5.99. The zero-order valence-electron chi connectivity index (χ0n) is 18.5. The van der Waals surface area contributed by atoms with E-state index in [4.69, 9.17) is 9.90 Å². The first kappa shape index (κ1) is 23.7. The van der Waals surface area contributed by atoms with E-state index < -0.39 is 5.97 Å². The molecule has 2 aromatic carbocycles.